The topological polar surface area (TPSA) is 98.8 Å². The van der Waals surface area contributed by atoms with Crippen LogP contribution in [0.5, 0.6) is 5.75 Å². The zero-order valence-corrected chi connectivity index (χ0v) is 16.0. The number of Topliss-reactive ketones (excluding diaryl/α,β-unsaturated/α-hetero) is 1. The number of rotatable bonds is 9. The molecular weight excluding hydrogens is 394 g/mol. The molecule has 2 aromatic rings. The fourth-order valence-corrected chi connectivity index (χ4v) is 3.42. The minimum atomic E-state index is -3.78. The zero-order chi connectivity index (χ0) is 19.9. The van der Waals surface area contributed by atoms with Crippen LogP contribution < -0.4 is 9.46 Å². The highest BCUT2D eigenvalue weighted by Gasteiger charge is 2.15. The van der Waals surface area contributed by atoms with Gasteiger partial charge in [-0.2, -0.15) is 0 Å². The molecule has 144 valence electrons. The number of benzene rings is 2. The van der Waals surface area contributed by atoms with Gasteiger partial charge in [-0.1, -0.05) is 17.7 Å². The van der Waals surface area contributed by atoms with E-state index in [0.717, 1.165) is 0 Å². The lowest BCUT2D eigenvalue weighted by atomic mass is 10.1. The van der Waals surface area contributed by atoms with E-state index in [2.05, 4.69) is 4.72 Å². The summed E-state index contributed by atoms with van der Waals surface area (Å²) < 4.78 is 36.3. The molecule has 7 nitrogen and oxygen atoms in total. The highest BCUT2D eigenvalue weighted by molar-refractivity contribution is 7.89. The Kier molecular flexibility index (Phi) is 7.35. The van der Waals surface area contributed by atoms with Crippen LogP contribution in [0.1, 0.15) is 16.8 Å². The largest absolute Gasteiger partial charge is 0.497 e. The molecule has 0 fully saturated rings. The molecule has 0 spiro atoms. The van der Waals surface area contributed by atoms with Crippen molar-refractivity contribution in [1.29, 1.82) is 0 Å². The third-order valence-electron chi connectivity index (χ3n) is 3.50. The Morgan fingerprint density at radius 2 is 1.81 bits per heavy atom. The van der Waals surface area contributed by atoms with Crippen molar-refractivity contribution in [3.05, 3.63) is 59.1 Å². The van der Waals surface area contributed by atoms with Gasteiger partial charge in [-0.05, 0) is 42.5 Å². The van der Waals surface area contributed by atoms with E-state index in [4.69, 9.17) is 21.1 Å². The van der Waals surface area contributed by atoms with Crippen LogP contribution in [0.4, 0.5) is 0 Å². The Balaban J connectivity index is 1.78. The summed E-state index contributed by atoms with van der Waals surface area (Å²) in [5.74, 6) is -0.452. The summed E-state index contributed by atoms with van der Waals surface area (Å²) in [5.41, 5.74) is 0.380. The molecule has 0 bridgehead atoms. The number of methoxy groups -OCH3 is 1. The van der Waals surface area contributed by atoms with E-state index in [9.17, 15) is 18.0 Å². The number of sulfonamides is 1. The first-order valence-corrected chi connectivity index (χ1v) is 9.76. The molecule has 9 heteroatoms. The standard InChI is InChI=1S/C18H18ClNO6S/c1-25-15-7-5-13(6-8-15)17(21)12-26-18(22)9-10-20-27(23,24)16-4-2-3-14(19)11-16/h2-8,11,20H,9-10,12H2,1H3. The molecule has 0 saturated heterocycles. The van der Waals surface area contributed by atoms with Crippen LogP contribution >= 0.6 is 11.6 Å². The van der Waals surface area contributed by atoms with E-state index < -0.39 is 22.6 Å². The van der Waals surface area contributed by atoms with Gasteiger partial charge in [0.15, 0.2) is 12.4 Å². The Labute approximate surface area is 162 Å². The number of esters is 1. The lowest BCUT2D eigenvalue weighted by Crippen LogP contribution is -2.27. The minimum absolute atomic E-state index is 0.00180. The fraction of sp³-hybridized carbons (Fsp3) is 0.222. The maximum absolute atomic E-state index is 12.1. The summed E-state index contributed by atoms with van der Waals surface area (Å²) >= 11 is 5.77. The second-order valence-electron chi connectivity index (χ2n) is 5.42. The third kappa shape index (κ3) is 6.35. The highest BCUT2D eigenvalue weighted by Crippen LogP contribution is 2.15. The quantitative estimate of drug-likeness (QED) is 0.502. The number of hydrogen-bond acceptors (Lipinski definition) is 6. The first-order chi connectivity index (χ1) is 12.8. The van der Waals surface area contributed by atoms with Crippen LogP contribution in [0.25, 0.3) is 0 Å². The molecule has 0 saturated carbocycles. The van der Waals surface area contributed by atoms with E-state index in [-0.39, 0.29) is 28.7 Å². The molecule has 2 aromatic carbocycles. The maximum atomic E-state index is 12.1. The van der Waals surface area contributed by atoms with E-state index in [1.165, 1.54) is 25.3 Å². The molecular formula is C18H18ClNO6S. The van der Waals surface area contributed by atoms with Gasteiger partial charge in [-0.3, -0.25) is 9.59 Å². The Morgan fingerprint density at radius 1 is 1.11 bits per heavy atom. The van der Waals surface area contributed by atoms with Gasteiger partial charge in [0, 0.05) is 17.1 Å². The third-order valence-corrected chi connectivity index (χ3v) is 5.20. The predicted octanol–water partition coefficient (Wildman–Crippen LogP) is 2.44. The molecule has 0 aliphatic carbocycles. The van der Waals surface area contributed by atoms with Gasteiger partial charge >= 0.3 is 5.97 Å². The number of ketones is 1. The summed E-state index contributed by atoms with van der Waals surface area (Å²) in [6.07, 6.45) is -0.213. The highest BCUT2D eigenvalue weighted by atomic mass is 35.5. The number of carbonyl (C=O) groups excluding carboxylic acids is 2. The first-order valence-electron chi connectivity index (χ1n) is 7.90. The van der Waals surface area contributed by atoms with Crippen molar-refractivity contribution in [1.82, 2.24) is 4.72 Å². The van der Waals surface area contributed by atoms with Crippen molar-refractivity contribution in [3.63, 3.8) is 0 Å². The summed E-state index contributed by atoms with van der Waals surface area (Å²) in [5, 5.41) is 0.286. The van der Waals surface area contributed by atoms with Crippen molar-refractivity contribution in [2.75, 3.05) is 20.3 Å². The van der Waals surface area contributed by atoms with Crippen LogP contribution in [-0.2, 0) is 19.6 Å². The number of halogens is 1. The van der Waals surface area contributed by atoms with Gasteiger partial charge in [-0.25, -0.2) is 13.1 Å². The van der Waals surface area contributed by atoms with Crippen LogP contribution in [0.15, 0.2) is 53.4 Å². The Morgan fingerprint density at radius 3 is 2.44 bits per heavy atom. The van der Waals surface area contributed by atoms with Crippen LogP contribution in [-0.4, -0.2) is 40.4 Å². The molecule has 0 aliphatic rings. The zero-order valence-electron chi connectivity index (χ0n) is 14.5. The lowest BCUT2D eigenvalue weighted by Gasteiger charge is -2.08. The molecule has 0 heterocycles. The van der Waals surface area contributed by atoms with Gasteiger partial charge in [0.25, 0.3) is 0 Å². The number of ether oxygens (including phenoxy) is 2. The molecule has 0 aliphatic heterocycles. The van der Waals surface area contributed by atoms with Gasteiger partial charge in [-0.15, -0.1) is 0 Å². The summed E-state index contributed by atoms with van der Waals surface area (Å²) in [4.78, 5) is 23.7. The van der Waals surface area contributed by atoms with Crippen LogP contribution in [0.2, 0.25) is 5.02 Å². The second kappa shape index (κ2) is 9.50. The van der Waals surface area contributed by atoms with E-state index in [1.807, 2.05) is 0 Å². The predicted molar refractivity (Wildman–Crippen MR) is 99.5 cm³/mol. The minimum Gasteiger partial charge on any atom is -0.497 e. The molecule has 0 amide bonds. The van der Waals surface area contributed by atoms with Crippen molar-refractivity contribution in [2.24, 2.45) is 0 Å². The Hall–Kier alpha value is -2.42. The normalized spacial score (nSPS) is 11.0. The van der Waals surface area contributed by atoms with Gasteiger partial charge in [0.2, 0.25) is 10.0 Å². The monoisotopic (exact) mass is 411 g/mol. The molecule has 27 heavy (non-hydrogen) atoms. The SMILES string of the molecule is COc1ccc(C(=O)COC(=O)CCNS(=O)(=O)c2cccc(Cl)c2)cc1. The summed E-state index contributed by atoms with van der Waals surface area (Å²) in [6, 6.07) is 12.1. The summed E-state index contributed by atoms with van der Waals surface area (Å²) in [7, 11) is -2.27. The molecule has 0 radical (unpaired) electrons. The number of hydrogen-bond donors (Lipinski definition) is 1. The average Bonchev–Trinajstić information content (AvgIpc) is 2.66. The van der Waals surface area contributed by atoms with Gasteiger partial charge in [0.1, 0.15) is 5.75 Å². The van der Waals surface area contributed by atoms with Crippen LogP contribution in [0, 0.1) is 0 Å². The summed E-state index contributed by atoms with van der Waals surface area (Å²) in [6.45, 7) is -0.587. The number of nitrogens with one attached hydrogen (secondary N) is 1. The number of carbonyl (C=O) groups is 2. The van der Waals surface area contributed by atoms with Crippen molar-refractivity contribution >= 4 is 33.4 Å². The van der Waals surface area contributed by atoms with E-state index in [0.29, 0.717) is 11.3 Å². The average molecular weight is 412 g/mol. The van der Waals surface area contributed by atoms with E-state index in [1.54, 1.807) is 30.3 Å². The second-order valence-corrected chi connectivity index (χ2v) is 7.62. The van der Waals surface area contributed by atoms with Gasteiger partial charge in [0.05, 0.1) is 18.4 Å². The van der Waals surface area contributed by atoms with Crippen molar-refractivity contribution < 1.29 is 27.5 Å². The molecule has 0 atom stereocenters. The van der Waals surface area contributed by atoms with Gasteiger partial charge < -0.3 is 9.47 Å². The van der Waals surface area contributed by atoms with Crippen molar-refractivity contribution in [2.45, 2.75) is 11.3 Å². The van der Waals surface area contributed by atoms with E-state index >= 15 is 0 Å². The molecule has 0 aromatic heterocycles. The Bertz CT molecular complexity index is 912. The molecule has 2 rings (SSSR count). The van der Waals surface area contributed by atoms with Crippen molar-refractivity contribution in [3.8, 4) is 5.75 Å². The molecule has 0 unspecified atom stereocenters. The smallest absolute Gasteiger partial charge is 0.307 e. The lowest BCUT2D eigenvalue weighted by molar-refractivity contribution is -0.142. The van der Waals surface area contributed by atoms with Crippen LogP contribution in [0.3, 0.4) is 0 Å². The fourth-order valence-electron chi connectivity index (χ4n) is 2.08. The molecule has 1 N–H and O–H groups in total. The maximum Gasteiger partial charge on any atom is 0.307 e. The first kappa shape index (κ1) is 20.9.